The Morgan fingerprint density at radius 2 is 2.00 bits per heavy atom. The van der Waals surface area contributed by atoms with Crippen LogP contribution < -0.4 is 5.73 Å². The molecular weight excluding hydrogens is 257 g/mol. The van der Waals surface area contributed by atoms with E-state index in [1.807, 2.05) is 4.68 Å². The molecule has 0 spiro atoms. The summed E-state index contributed by atoms with van der Waals surface area (Å²) in [5.74, 6) is 0.278. The first kappa shape index (κ1) is 13.0. The Kier molecular flexibility index (Phi) is 3.38. The maximum Gasteiger partial charge on any atom is 0.182 e. The fraction of sp³-hybridized carbons (Fsp3) is 0.500. The minimum atomic E-state index is -0.321. The first-order chi connectivity index (χ1) is 9.66. The van der Waals surface area contributed by atoms with Gasteiger partial charge in [0.1, 0.15) is 5.82 Å². The van der Waals surface area contributed by atoms with Crippen LogP contribution >= 0.6 is 0 Å². The van der Waals surface area contributed by atoms with Crippen LogP contribution in [0.2, 0.25) is 0 Å². The first-order valence-corrected chi connectivity index (χ1v) is 7.00. The number of hydrogen-bond acceptors (Lipinski definition) is 4. The molecule has 0 aliphatic heterocycles. The smallest absolute Gasteiger partial charge is 0.182 e. The summed E-state index contributed by atoms with van der Waals surface area (Å²) in [6.07, 6.45) is 5.78. The molecule has 1 fully saturated rings. The molecule has 0 unspecified atom stereocenters. The van der Waals surface area contributed by atoms with Crippen molar-refractivity contribution in [3.05, 3.63) is 23.5 Å². The Hall–Kier alpha value is -1.98. The van der Waals surface area contributed by atoms with E-state index in [4.69, 9.17) is 5.73 Å². The standard InChI is InChI=1S/C14H18FN5/c1-9-12(15)7-10(8-13(9)16)14-17-18-19-20(14)11-5-3-2-4-6-11/h7-8,11H,2-6,16H2,1H3. The van der Waals surface area contributed by atoms with Crippen LogP contribution in [0, 0.1) is 12.7 Å². The van der Waals surface area contributed by atoms with Crippen molar-refractivity contribution in [3.63, 3.8) is 0 Å². The Morgan fingerprint density at radius 1 is 1.25 bits per heavy atom. The van der Waals surface area contributed by atoms with E-state index in [-0.39, 0.29) is 5.82 Å². The van der Waals surface area contributed by atoms with Crippen molar-refractivity contribution in [3.8, 4) is 11.4 Å². The van der Waals surface area contributed by atoms with E-state index in [2.05, 4.69) is 15.5 Å². The zero-order valence-corrected chi connectivity index (χ0v) is 11.5. The van der Waals surface area contributed by atoms with Crippen molar-refractivity contribution >= 4 is 5.69 Å². The number of nitrogens with zero attached hydrogens (tertiary/aromatic N) is 4. The number of rotatable bonds is 2. The topological polar surface area (TPSA) is 69.6 Å². The van der Waals surface area contributed by atoms with Gasteiger partial charge >= 0.3 is 0 Å². The summed E-state index contributed by atoms with van der Waals surface area (Å²) in [6.45, 7) is 1.67. The van der Waals surface area contributed by atoms with Gasteiger partial charge in [0.25, 0.3) is 0 Å². The molecule has 1 aromatic heterocycles. The normalized spacial score (nSPS) is 16.5. The van der Waals surface area contributed by atoms with Gasteiger partial charge < -0.3 is 5.73 Å². The maximum atomic E-state index is 13.8. The highest BCUT2D eigenvalue weighted by atomic mass is 19.1. The molecule has 1 aliphatic rings. The highest BCUT2D eigenvalue weighted by molar-refractivity contribution is 5.64. The molecule has 2 aromatic rings. The summed E-state index contributed by atoms with van der Waals surface area (Å²) < 4.78 is 15.7. The lowest BCUT2D eigenvalue weighted by atomic mass is 9.95. The molecule has 0 amide bonds. The number of aromatic nitrogens is 4. The molecule has 2 N–H and O–H groups in total. The molecule has 5 nitrogen and oxygen atoms in total. The van der Waals surface area contributed by atoms with E-state index < -0.39 is 0 Å². The summed E-state index contributed by atoms with van der Waals surface area (Å²) in [7, 11) is 0. The predicted octanol–water partition coefficient (Wildman–Crippen LogP) is 2.88. The molecule has 1 aliphatic carbocycles. The van der Waals surface area contributed by atoms with Crippen molar-refractivity contribution in [2.75, 3.05) is 5.73 Å². The zero-order valence-electron chi connectivity index (χ0n) is 11.5. The quantitative estimate of drug-likeness (QED) is 0.856. The number of benzene rings is 1. The number of nitrogens with two attached hydrogens (primary N) is 1. The molecule has 0 radical (unpaired) electrons. The van der Waals surface area contributed by atoms with E-state index in [0.29, 0.717) is 28.7 Å². The molecular formula is C14H18FN5. The third kappa shape index (κ3) is 2.26. The van der Waals surface area contributed by atoms with Gasteiger partial charge in [-0.2, -0.15) is 0 Å². The highest BCUT2D eigenvalue weighted by Crippen LogP contribution is 2.31. The lowest BCUT2D eigenvalue weighted by molar-refractivity contribution is 0.327. The van der Waals surface area contributed by atoms with Gasteiger partial charge in [-0.25, -0.2) is 9.07 Å². The van der Waals surface area contributed by atoms with Crippen LogP contribution in [0.25, 0.3) is 11.4 Å². The van der Waals surface area contributed by atoms with Crippen LogP contribution in [0.15, 0.2) is 12.1 Å². The van der Waals surface area contributed by atoms with Gasteiger partial charge in [-0.05, 0) is 42.3 Å². The van der Waals surface area contributed by atoms with E-state index >= 15 is 0 Å². The Balaban J connectivity index is 2.00. The Bertz CT molecular complexity index is 593. The summed E-state index contributed by atoms with van der Waals surface area (Å²) >= 11 is 0. The van der Waals surface area contributed by atoms with Crippen LogP contribution in [0.5, 0.6) is 0 Å². The largest absolute Gasteiger partial charge is 0.398 e. The van der Waals surface area contributed by atoms with Gasteiger partial charge in [0.05, 0.1) is 6.04 Å². The molecule has 3 rings (SSSR count). The number of anilines is 1. The second-order valence-corrected chi connectivity index (χ2v) is 5.41. The van der Waals surface area contributed by atoms with Crippen LogP contribution in [-0.2, 0) is 0 Å². The highest BCUT2D eigenvalue weighted by Gasteiger charge is 2.21. The fourth-order valence-corrected chi connectivity index (χ4v) is 2.78. The molecule has 0 saturated heterocycles. The van der Waals surface area contributed by atoms with Gasteiger partial charge in [-0.15, -0.1) is 5.10 Å². The van der Waals surface area contributed by atoms with Crippen molar-refractivity contribution in [1.82, 2.24) is 20.2 Å². The third-order valence-corrected chi connectivity index (χ3v) is 4.06. The van der Waals surface area contributed by atoms with E-state index in [1.54, 1.807) is 13.0 Å². The molecule has 6 heteroatoms. The van der Waals surface area contributed by atoms with Crippen LogP contribution in [0.1, 0.15) is 43.7 Å². The minimum absolute atomic E-state index is 0.305. The molecule has 1 aromatic carbocycles. The van der Waals surface area contributed by atoms with Crippen molar-refractivity contribution in [2.24, 2.45) is 0 Å². The van der Waals surface area contributed by atoms with Crippen molar-refractivity contribution < 1.29 is 4.39 Å². The first-order valence-electron chi connectivity index (χ1n) is 7.00. The van der Waals surface area contributed by atoms with Gasteiger partial charge in [0.2, 0.25) is 0 Å². The molecule has 20 heavy (non-hydrogen) atoms. The van der Waals surface area contributed by atoms with Crippen LogP contribution in [0.3, 0.4) is 0 Å². The predicted molar refractivity (Wildman–Crippen MR) is 74.5 cm³/mol. The summed E-state index contributed by atoms with van der Waals surface area (Å²) in [6, 6.07) is 3.50. The monoisotopic (exact) mass is 275 g/mol. The van der Waals surface area contributed by atoms with Crippen LogP contribution in [-0.4, -0.2) is 20.2 Å². The molecule has 0 bridgehead atoms. The number of nitrogen functional groups attached to an aromatic ring is 1. The third-order valence-electron chi connectivity index (χ3n) is 4.06. The SMILES string of the molecule is Cc1c(N)cc(-c2nnnn2C2CCCCC2)cc1F. The average Bonchev–Trinajstić information content (AvgIpc) is 2.94. The number of halogens is 1. The van der Waals surface area contributed by atoms with Gasteiger partial charge in [-0.1, -0.05) is 19.3 Å². The number of hydrogen-bond donors (Lipinski definition) is 1. The fourth-order valence-electron chi connectivity index (χ4n) is 2.78. The summed E-state index contributed by atoms with van der Waals surface area (Å²) in [5.41, 5.74) is 7.37. The summed E-state index contributed by atoms with van der Waals surface area (Å²) in [4.78, 5) is 0. The zero-order chi connectivity index (χ0) is 14.1. The number of tetrazole rings is 1. The lowest BCUT2D eigenvalue weighted by Crippen LogP contribution is -2.15. The van der Waals surface area contributed by atoms with E-state index in [9.17, 15) is 4.39 Å². The van der Waals surface area contributed by atoms with Crippen LogP contribution in [0.4, 0.5) is 10.1 Å². The molecule has 1 heterocycles. The molecule has 106 valence electrons. The van der Waals surface area contributed by atoms with E-state index in [0.717, 1.165) is 12.8 Å². The van der Waals surface area contributed by atoms with E-state index in [1.165, 1.54) is 25.3 Å². The van der Waals surface area contributed by atoms with Crippen molar-refractivity contribution in [2.45, 2.75) is 45.1 Å². The molecule has 0 atom stereocenters. The Morgan fingerprint density at radius 3 is 2.70 bits per heavy atom. The second-order valence-electron chi connectivity index (χ2n) is 5.41. The van der Waals surface area contributed by atoms with Gasteiger partial charge in [-0.3, -0.25) is 0 Å². The summed E-state index contributed by atoms with van der Waals surface area (Å²) in [5, 5.41) is 11.9. The molecule has 1 saturated carbocycles. The minimum Gasteiger partial charge on any atom is -0.398 e. The average molecular weight is 275 g/mol. The lowest BCUT2D eigenvalue weighted by Gasteiger charge is -2.22. The van der Waals surface area contributed by atoms with Gasteiger partial charge in [0.15, 0.2) is 5.82 Å². The van der Waals surface area contributed by atoms with Crippen molar-refractivity contribution in [1.29, 1.82) is 0 Å². The maximum absolute atomic E-state index is 13.8. The Labute approximate surface area is 117 Å². The second kappa shape index (κ2) is 5.19. The van der Waals surface area contributed by atoms with Gasteiger partial charge in [0, 0.05) is 16.8 Å².